The van der Waals surface area contributed by atoms with Gasteiger partial charge in [0.1, 0.15) is 6.33 Å². The Kier molecular flexibility index (Phi) is 3.67. The smallest absolute Gasteiger partial charge is 0.226 e. The molecule has 0 saturated heterocycles. The summed E-state index contributed by atoms with van der Waals surface area (Å²) < 4.78 is 1.98. The third-order valence-corrected chi connectivity index (χ3v) is 6.42. The van der Waals surface area contributed by atoms with Crippen LogP contribution >= 0.6 is 11.6 Å². The van der Waals surface area contributed by atoms with Crippen LogP contribution in [0.2, 0.25) is 5.02 Å². The first-order chi connectivity index (χ1) is 12.7. The predicted octanol–water partition coefficient (Wildman–Crippen LogP) is 4.42. The normalized spacial score (nSPS) is 24.2. The number of fused-ring (bicyclic) bond motifs is 3. The van der Waals surface area contributed by atoms with Gasteiger partial charge in [-0.05, 0) is 42.9 Å². The highest BCUT2D eigenvalue weighted by molar-refractivity contribution is 6.30. The van der Waals surface area contributed by atoms with E-state index in [1.54, 1.807) is 6.33 Å². The van der Waals surface area contributed by atoms with Gasteiger partial charge >= 0.3 is 0 Å². The molecule has 1 aromatic heterocycles. The highest BCUT2D eigenvalue weighted by Gasteiger charge is 2.49. The van der Waals surface area contributed by atoms with Crippen molar-refractivity contribution in [1.82, 2.24) is 14.8 Å². The fourth-order valence-corrected chi connectivity index (χ4v) is 5.14. The van der Waals surface area contributed by atoms with Crippen LogP contribution in [0.3, 0.4) is 0 Å². The molecular weight excluding hydrogens is 348 g/mol. The number of nitrogens with zero attached hydrogens (tertiary/aromatic N) is 3. The van der Waals surface area contributed by atoms with Gasteiger partial charge in [-0.1, -0.05) is 43.0 Å². The molecule has 0 bridgehead atoms. The number of allylic oxidation sites excluding steroid dienone is 2. The van der Waals surface area contributed by atoms with Gasteiger partial charge in [0.2, 0.25) is 5.95 Å². The van der Waals surface area contributed by atoms with Gasteiger partial charge in [0.15, 0.2) is 5.78 Å². The van der Waals surface area contributed by atoms with Crippen molar-refractivity contribution >= 4 is 23.3 Å². The third kappa shape index (κ3) is 2.33. The standard InChI is InChI=1S/C20H21ClN4O/c21-15-6-4-13(5-7-15)14-10-16-18(17(26)11-14)20(8-2-1-3-9-20)25-19(24-16)22-12-23-25/h4-7,12,14H,1-3,8-11H2,(H,22,23,24)/t14-/m0/s1. The van der Waals surface area contributed by atoms with E-state index >= 15 is 0 Å². The van der Waals surface area contributed by atoms with Crippen molar-refractivity contribution in [2.24, 2.45) is 0 Å². The molecule has 1 spiro atoms. The summed E-state index contributed by atoms with van der Waals surface area (Å²) in [6, 6.07) is 7.87. The highest BCUT2D eigenvalue weighted by Crippen LogP contribution is 2.50. The number of hydrogen-bond donors (Lipinski definition) is 1. The van der Waals surface area contributed by atoms with Crippen LogP contribution in [0.1, 0.15) is 56.4 Å². The number of rotatable bonds is 1. The van der Waals surface area contributed by atoms with Gasteiger partial charge in [-0.3, -0.25) is 4.79 Å². The first kappa shape index (κ1) is 16.1. The van der Waals surface area contributed by atoms with Crippen molar-refractivity contribution in [2.75, 3.05) is 5.32 Å². The van der Waals surface area contributed by atoms with Crippen molar-refractivity contribution in [2.45, 2.75) is 56.4 Å². The van der Waals surface area contributed by atoms with Crippen LogP contribution in [0.4, 0.5) is 5.95 Å². The van der Waals surface area contributed by atoms with Gasteiger partial charge in [0.25, 0.3) is 0 Å². The van der Waals surface area contributed by atoms with E-state index in [0.717, 1.165) is 54.3 Å². The fraction of sp³-hybridized carbons (Fsp3) is 0.450. The molecule has 2 aliphatic carbocycles. The molecule has 1 fully saturated rings. The van der Waals surface area contributed by atoms with Crippen molar-refractivity contribution in [1.29, 1.82) is 0 Å². The Morgan fingerprint density at radius 1 is 1.12 bits per heavy atom. The summed E-state index contributed by atoms with van der Waals surface area (Å²) >= 11 is 6.02. The summed E-state index contributed by atoms with van der Waals surface area (Å²) in [5, 5.41) is 8.63. The predicted molar refractivity (Wildman–Crippen MR) is 100 cm³/mol. The molecule has 6 heteroatoms. The summed E-state index contributed by atoms with van der Waals surface area (Å²) in [5.74, 6) is 1.21. The first-order valence-corrected chi connectivity index (χ1v) is 9.75. The molecule has 5 nitrogen and oxygen atoms in total. The molecule has 0 unspecified atom stereocenters. The topological polar surface area (TPSA) is 59.8 Å². The zero-order valence-electron chi connectivity index (χ0n) is 14.5. The molecule has 0 radical (unpaired) electrons. The van der Waals surface area contributed by atoms with E-state index in [4.69, 9.17) is 11.6 Å². The Morgan fingerprint density at radius 2 is 1.88 bits per heavy atom. The lowest BCUT2D eigenvalue weighted by Crippen LogP contribution is -2.47. The zero-order chi connectivity index (χ0) is 17.7. The molecule has 26 heavy (non-hydrogen) atoms. The summed E-state index contributed by atoms with van der Waals surface area (Å²) in [6.45, 7) is 0. The van der Waals surface area contributed by atoms with Crippen molar-refractivity contribution in [3.05, 3.63) is 52.4 Å². The molecule has 3 aliphatic rings. The Bertz CT molecular complexity index is 893. The van der Waals surface area contributed by atoms with Crippen LogP contribution < -0.4 is 5.32 Å². The number of nitrogens with one attached hydrogen (secondary N) is 1. The molecule has 0 amide bonds. The number of ketones is 1. The SMILES string of the molecule is O=C1C[C@@H](c2ccc(Cl)cc2)CC2=C1C1(CCCCC1)n1ncnc1N2. The van der Waals surface area contributed by atoms with Crippen molar-refractivity contribution < 1.29 is 4.79 Å². The van der Waals surface area contributed by atoms with Crippen LogP contribution in [0, 0.1) is 0 Å². The number of carbonyl (C=O) groups excluding carboxylic acids is 1. The van der Waals surface area contributed by atoms with E-state index in [1.165, 1.54) is 12.0 Å². The maximum Gasteiger partial charge on any atom is 0.226 e. The van der Waals surface area contributed by atoms with Gasteiger partial charge < -0.3 is 5.32 Å². The largest absolute Gasteiger partial charge is 0.328 e. The van der Waals surface area contributed by atoms with Crippen LogP contribution in [0.5, 0.6) is 0 Å². The quantitative estimate of drug-likeness (QED) is 0.809. The second kappa shape index (κ2) is 5.95. The molecule has 5 rings (SSSR count). The van der Waals surface area contributed by atoms with Gasteiger partial charge in [0, 0.05) is 22.7 Å². The van der Waals surface area contributed by atoms with E-state index in [1.807, 2.05) is 28.9 Å². The van der Waals surface area contributed by atoms with Gasteiger partial charge in [-0.2, -0.15) is 10.1 Å². The lowest BCUT2D eigenvalue weighted by Gasteiger charge is -2.45. The second-order valence-electron chi connectivity index (χ2n) is 7.65. The Hall–Kier alpha value is -2.14. The van der Waals surface area contributed by atoms with E-state index in [-0.39, 0.29) is 17.2 Å². The minimum Gasteiger partial charge on any atom is -0.328 e. The Morgan fingerprint density at radius 3 is 2.65 bits per heavy atom. The first-order valence-electron chi connectivity index (χ1n) is 9.37. The minimum atomic E-state index is -0.299. The van der Waals surface area contributed by atoms with Crippen LogP contribution in [-0.4, -0.2) is 20.5 Å². The molecule has 1 atom stereocenters. The molecular formula is C20H21ClN4O. The molecule has 2 heterocycles. The number of carbonyl (C=O) groups is 1. The van der Waals surface area contributed by atoms with Gasteiger partial charge in [0.05, 0.1) is 5.54 Å². The number of hydrogen-bond acceptors (Lipinski definition) is 4. The molecule has 1 aliphatic heterocycles. The summed E-state index contributed by atoms with van der Waals surface area (Å²) in [6.07, 6.45) is 8.41. The zero-order valence-corrected chi connectivity index (χ0v) is 15.3. The molecule has 134 valence electrons. The lowest BCUT2D eigenvalue weighted by molar-refractivity contribution is -0.117. The monoisotopic (exact) mass is 368 g/mol. The van der Waals surface area contributed by atoms with E-state index in [2.05, 4.69) is 15.4 Å². The van der Waals surface area contributed by atoms with Gasteiger partial charge in [-0.25, -0.2) is 4.68 Å². The molecule has 1 N–H and O–H groups in total. The van der Waals surface area contributed by atoms with Crippen molar-refractivity contribution in [3.8, 4) is 0 Å². The average molecular weight is 369 g/mol. The van der Waals surface area contributed by atoms with Crippen LogP contribution in [0.15, 0.2) is 41.9 Å². The summed E-state index contributed by atoms with van der Waals surface area (Å²) in [4.78, 5) is 17.7. The van der Waals surface area contributed by atoms with Crippen LogP contribution in [0.25, 0.3) is 0 Å². The maximum atomic E-state index is 13.3. The number of halogens is 1. The van der Waals surface area contributed by atoms with E-state index in [9.17, 15) is 4.79 Å². The van der Waals surface area contributed by atoms with Crippen molar-refractivity contribution in [3.63, 3.8) is 0 Å². The van der Waals surface area contributed by atoms with E-state index in [0.29, 0.717) is 6.42 Å². The number of benzene rings is 1. The van der Waals surface area contributed by atoms with Gasteiger partial charge in [-0.15, -0.1) is 0 Å². The lowest BCUT2D eigenvalue weighted by atomic mass is 9.68. The number of aromatic nitrogens is 3. The molecule has 1 aromatic carbocycles. The Balaban J connectivity index is 1.58. The van der Waals surface area contributed by atoms with E-state index < -0.39 is 0 Å². The average Bonchev–Trinajstić information content (AvgIpc) is 3.12. The summed E-state index contributed by atoms with van der Waals surface area (Å²) in [5.41, 5.74) is 2.87. The number of Topliss-reactive ketones (excluding diaryl/α,β-unsaturated/α-hetero) is 1. The number of anilines is 1. The summed E-state index contributed by atoms with van der Waals surface area (Å²) in [7, 11) is 0. The highest BCUT2D eigenvalue weighted by atomic mass is 35.5. The van der Waals surface area contributed by atoms with Crippen LogP contribution in [-0.2, 0) is 10.3 Å². The maximum absolute atomic E-state index is 13.3. The molecule has 2 aromatic rings. The fourth-order valence-electron chi connectivity index (χ4n) is 5.02. The Labute approximate surface area is 157 Å². The molecule has 1 saturated carbocycles. The third-order valence-electron chi connectivity index (χ3n) is 6.17. The second-order valence-corrected chi connectivity index (χ2v) is 8.08. The minimum absolute atomic E-state index is 0.182.